The lowest BCUT2D eigenvalue weighted by atomic mass is 10.3. The fraction of sp³-hybridized carbons (Fsp3) is 0.769. The van der Waals surface area contributed by atoms with E-state index in [1.54, 1.807) is 0 Å². The van der Waals surface area contributed by atoms with Crippen molar-refractivity contribution in [3.8, 4) is 12.0 Å². The lowest BCUT2D eigenvalue weighted by Gasteiger charge is -2.12. The number of hydrogen-bond acceptors (Lipinski definition) is 6. The van der Waals surface area contributed by atoms with Crippen LogP contribution in [0.1, 0.15) is 47.0 Å². The molecular formula is C13H24N4O2. The van der Waals surface area contributed by atoms with Crippen LogP contribution in [-0.2, 0) is 0 Å². The number of ether oxygens (including phenoxy) is 2. The zero-order valence-corrected chi connectivity index (χ0v) is 12.3. The summed E-state index contributed by atoms with van der Waals surface area (Å²) in [6.07, 6.45) is 2.87. The van der Waals surface area contributed by atoms with E-state index in [0.29, 0.717) is 24.6 Å². The average molecular weight is 268 g/mol. The van der Waals surface area contributed by atoms with Gasteiger partial charge in [-0.3, -0.25) is 0 Å². The molecule has 6 nitrogen and oxygen atoms in total. The lowest BCUT2D eigenvalue weighted by Crippen LogP contribution is -2.15. The van der Waals surface area contributed by atoms with Gasteiger partial charge in [0.05, 0.1) is 12.7 Å². The number of nitrogens with one attached hydrogen (secondary N) is 1. The number of hydrogen-bond donors (Lipinski definition) is 1. The van der Waals surface area contributed by atoms with Crippen LogP contribution in [-0.4, -0.2) is 34.2 Å². The maximum Gasteiger partial charge on any atom is 0.324 e. The third-order valence-corrected chi connectivity index (χ3v) is 2.44. The maximum atomic E-state index is 5.62. The molecule has 0 saturated carbocycles. The summed E-state index contributed by atoms with van der Waals surface area (Å²) in [5.41, 5.74) is 0. The zero-order valence-electron chi connectivity index (χ0n) is 12.3. The van der Waals surface area contributed by atoms with E-state index in [1.165, 1.54) is 0 Å². The molecule has 0 bridgehead atoms. The molecule has 6 heteroatoms. The van der Waals surface area contributed by atoms with Crippen molar-refractivity contribution in [1.82, 2.24) is 15.0 Å². The molecule has 1 rings (SSSR count). The first-order valence-corrected chi connectivity index (χ1v) is 6.98. The number of rotatable bonds is 9. The average Bonchev–Trinajstić information content (AvgIpc) is 2.42. The van der Waals surface area contributed by atoms with Gasteiger partial charge in [0.1, 0.15) is 0 Å². The van der Waals surface area contributed by atoms with Crippen LogP contribution in [0, 0.1) is 0 Å². The minimum absolute atomic E-state index is 0.0699. The SMILES string of the molecule is CCCNc1nc(OCCC)nc(OC(C)CC)n1. The van der Waals surface area contributed by atoms with E-state index in [9.17, 15) is 0 Å². The van der Waals surface area contributed by atoms with Gasteiger partial charge in [-0.15, -0.1) is 4.98 Å². The summed E-state index contributed by atoms with van der Waals surface area (Å²) in [5, 5.41) is 3.12. The molecule has 0 aromatic carbocycles. The summed E-state index contributed by atoms with van der Waals surface area (Å²) < 4.78 is 11.1. The second-order valence-electron chi connectivity index (χ2n) is 4.34. The minimum Gasteiger partial charge on any atom is -0.463 e. The number of aromatic nitrogens is 3. The van der Waals surface area contributed by atoms with Gasteiger partial charge in [-0.05, 0) is 26.2 Å². The molecule has 0 fully saturated rings. The summed E-state index contributed by atoms with van der Waals surface area (Å²) in [7, 11) is 0. The van der Waals surface area contributed by atoms with E-state index in [4.69, 9.17) is 9.47 Å². The van der Waals surface area contributed by atoms with E-state index >= 15 is 0 Å². The standard InChI is InChI=1S/C13H24N4O2/c1-5-8-14-11-15-12(18-9-6-2)17-13(16-11)19-10(4)7-3/h10H,5-9H2,1-4H3,(H,14,15,16,17). The van der Waals surface area contributed by atoms with Crippen molar-refractivity contribution >= 4 is 5.95 Å². The Morgan fingerprint density at radius 2 is 1.79 bits per heavy atom. The summed E-state index contributed by atoms with van der Waals surface area (Å²) in [6, 6.07) is 0.628. The zero-order chi connectivity index (χ0) is 14.1. The van der Waals surface area contributed by atoms with E-state index in [1.807, 2.05) is 13.8 Å². The third kappa shape index (κ3) is 5.72. The highest BCUT2D eigenvalue weighted by molar-refractivity contribution is 5.27. The predicted molar refractivity (Wildman–Crippen MR) is 74.8 cm³/mol. The third-order valence-electron chi connectivity index (χ3n) is 2.44. The molecule has 1 aromatic heterocycles. The molecule has 0 aliphatic carbocycles. The highest BCUT2D eigenvalue weighted by atomic mass is 16.5. The Hall–Kier alpha value is -1.59. The Labute approximate surface area is 115 Å². The van der Waals surface area contributed by atoms with Gasteiger partial charge in [-0.1, -0.05) is 20.8 Å². The van der Waals surface area contributed by atoms with Gasteiger partial charge in [0.2, 0.25) is 5.95 Å². The highest BCUT2D eigenvalue weighted by Crippen LogP contribution is 2.15. The largest absolute Gasteiger partial charge is 0.463 e. The second kappa shape index (κ2) is 8.50. The van der Waals surface area contributed by atoms with E-state index in [-0.39, 0.29) is 6.10 Å². The maximum absolute atomic E-state index is 5.62. The predicted octanol–water partition coefficient (Wildman–Crippen LogP) is 2.66. The quantitative estimate of drug-likeness (QED) is 0.742. The van der Waals surface area contributed by atoms with Gasteiger partial charge in [-0.25, -0.2) is 0 Å². The molecule has 0 saturated heterocycles. The van der Waals surface area contributed by atoms with Gasteiger partial charge in [0.25, 0.3) is 0 Å². The molecule has 1 aromatic rings. The molecule has 1 atom stereocenters. The monoisotopic (exact) mass is 268 g/mol. The van der Waals surface area contributed by atoms with Crippen LogP contribution in [0.3, 0.4) is 0 Å². The van der Waals surface area contributed by atoms with Crippen molar-refractivity contribution < 1.29 is 9.47 Å². The molecule has 0 amide bonds. The van der Waals surface area contributed by atoms with Crippen LogP contribution in [0.15, 0.2) is 0 Å². The Bertz CT molecular complexity index is 347. The van der Waals surface area contributed by atoms with Gasteiger partial charge < -0.3 is 14.8 Å². The van der Waals surface area contributed by atoms with Crippen molar-refractivity contribution in [3.05, 3.63) is 0 Å². The smallest absolute Gasteiger partial charge is 0.324 e. The van der Waals surface area contributed by atoms with Gasteiger partial charge in [-0.2, -0.15) is 9.97 Å². The van der Waals surface area contributed by atoms with Gasteiger partial charge in [0, 0.05) is 6.54 Å². The Morgan fingerprint density at radius 1 is 1.05 bits per heavy atom. The first kappa shape index (κ1) is 15.5. The van der Waals surface area contributed by atoms with Crippen molar-refractivity contribution in [2.45, 2.75) is 53.1 Å². The lowest BCUT2D eigenvalue weighted by molar-refractivity contribution is 0.193. The van der Waals surface area contributed by atoms with E-state index < -0.39 is 0 Å². The van der Waals surface area contributed by atoms with Crippen LogP contribution < -0.4 is 14.8 Å². The Morgan fingerprint density at radius 3 is 2.42 bits per heavy atom. The molecule has 1 unspecified atom stereocenters. The van der Waals surface area contributed by atoms with Crippen LogP contribution in [0.25, 0.3) is 0 Å². The summed E-state index contributed by atoms with van der Waals surface area (Å²) in [4.78, 5) is 12.6. The topological polar surface area (TPSA) is 69.2 Å². The van der Waals surface area contributed by atoms with Crippen molar-refractivity contribution in [1.29, 1.82) is 0 Å². The van der Waals surface area contributed by atoms with Crippen molar-refractivity contribution in [3.63, 3.8) is 0 Å². The first-order chi connectivity index (χ1) is 9.19. The molecule has 0 radical (unpaired) electrons. The minimum atomic E-state index is 0.0699. The fourth-order valence-electron chi connectivity index (χ4n) is 1.23. The summed E-state index contributed by atoms with van der Waals surface area (Å²) in [5.74, 6) is 0.501. The van der Waals surface area contributed by atoms with Crippen molar-refractivity contribution in [2.24, 2.45) is 0 Å². The molecular weight excluding hydrogens is 244 g/mol. The number of anilines is 1. The summed E-state index contributed by atoms with van der Waals surface area (Å²) >= 11 is 0. The molecule has 0 aliphatic heterocycles. The Balaban J connectivity index is 2.81. The summed E-state index contributed by atoms with van der Waals surface area (Å²) in [6.45, 7) is 9.54. The Kier molecular flexibility index (Phi) is 6.92. The molecule has 0 aliphatic rings. The van der Waals surface area contributed by atoms with Gasteiger partial charge in [0.15, 0.2) is 0 Å². The molecule has 1 N–H and O–H groups in total. The van der Waals surface area contributed by atoms with Crippen LogP contribution in [0.2, 0.25) is 0 Å². The molecule has 19 heavy (non-hydrogen) atoms. The fourth-order valence-corrected chi connectivity index (χ4v) is 1.23. The number of nitrogens with zero attached hydrogens (tertiary/aromatic N) is 3. The molecule has 0 spiro atoms. The molecule has 108 valence electrons. The molecule has 1 heterocycles. The normalized spacial score (nSPS) is 12.0. The van der Waals surface area contributed by atoms with E-state index in [0.717, 1.165) is 25.8 Å². The van der Waals surface area contributed by atoms with Crippen LogP contribution in [0.5, 0.6) is 12.0 Å². The highest BCUT2D eigenvalue weighted by Gasteiger charge is 2.10. The van der Waals surface area contributed by atoms with Gasteiger partial charge >= 0.3 is 12.0 Å². The van der Waals surface area contributed by atoms with Crippen LogP contribution in [0.4, 0.5) is 5.95 Å². The van der Waals surface area contributed by atoms with E-state index in [2.05, 4.69) is 34.1 Å². The van der Waals surface area contributed by atoms with Crippen molar-refractivity contribution in [2.75, 3.05) is 18.5 Å². The second-order valence-corrected chi connectivity index (χ2v) is 4.34. The first-order valence-electron chi connectivity index (χ1n) is 6.98. The van der Waals surface area contributed by atoms with Crippen LogP contribution >= 0.6 is 0 Å².